The van der Waals surface area contributed by atoms with Crippen LogP contribution < -0.4 is 10.2 Å². The standard InChI is InChI=1S/C22H23N3O2S2/c26-21(14-28-18-6-4-15-2-1-3-16(15)12-18)23-17-5-7-19-20(13-17)29-22(24-19)25-8-10-27-11-9-25/h4-7,12-13H,1-3,8-11,14H2,(H,23,26). The zero-order valence-electron chi connectivity index (χ0n) is 16.1. The van der Waals surface area contributed by atoms with Gasteiger partial charge < -0.3 is 15.0 Å². The first-order valence-electron chi connectivity index (χ1n) is 10.0. The van der Waals surface area contributed by atoms with E-state index in [4.69, 9.17) is 9.72 Å². The normalized spacial score (nSPS) is 16.2. The smallest absolute Gasteiger partial charge is 0.234 e. The Morgan fingerprint density at radius 1 is 1.14 bits per heavy atom. The largest absolute Gasteiger partial charge is 0.378 e. The van der Waals surface area contributed by atoms with Gasteiger partial charge in [0.05, 0.1) is 29.2 Å². The zero-order chi connectivity index (χ0) is 19.6. The van der Waals surface area contributed by atoms with Gasteiger partial charge in [-0.3, -0.25) is 4.79 Å². The van der Waals surface area contributed by atoms with Crippen LogP contribution in [0, 0.1) is 0 Å². The van der Waals surface area contributed by atoms with Crippen LogP contribution in [0.5, 0.6) is 0 Å². The number of hydrogen-bond donors (Lipinski definition) is 1. The molecule has 3 aromatic rings. The zero-order valence-corrected chi connectivity index (χ0v) is 17.8. The highest BCUT2D eigenvalue weighted by Crippen LogP contribution is 2.31. The number of thioether (sulfide) groups is 1. The molecule has 1 amide bonds. The number of ether oxygens (including phenoxy) is 1. The molecular weight excluding hydrogens is 402 g/mol. The second kappa shape index (κ2) is 8.34. The van der Waals surface area contributed by atoms with Crippen molar-refractivity contribution in [2.45, 2.75) is 24.2 Å². The molecule has 1 aliphatic carbocycles. The first kappa shape index (κ1) is 18.9. The maximum atomic E-state index is 12.4. The van der Waals surface area contributed by atoms with Crippen LogP contribution in [0.25, 0.3) is 10.2 Å². The highest BCUT2D eigenvalue weighted by Gasteiger charge is 2.16. The van der Waals surface area contributed by atoms with Crippen molar-refractivity contribution < 1.29 is 9.53 Å². The van der Waals surface area contributed by atoms with Crippen LogP contribution in [0.4, 0.5) is 10.8 Å². The molecule has 0 bridgehead atoms. The number of fused-ring (bicyclic) bond motifs is 2. The van der Waals surface area contributed by atoms with E-state index >= 15 is 0 Å². The molecule has 0 radical (unpaired) electrons. The van der Waals surface area contributed by atoms with Crippen molar-refractivity contribution >= 4 is 50.0 Å². The summed E-state index contributed by atoms with van der Waals surface area (Å²) in [6.07, 6.45) is 3.60. The van der Waals surface area contributed by atoms with Crippen molar-refractivity contribution in [1.29, 1.82) is 0 Å². The number of thiazole rings is 1. The number of amides is 1. The van der Waals surface area contributed by atoms with Gasteiger partial charge in [0.15, 0.2) is 5.13 Å². The van der Waals surface area contributed by atoms with Gasteiger partial charge >= 0.3 is 0 Å². The summed E-state index contributed by atoms with van der Waals surface area (Å²) in [5, 5.41) is 4.06. The Balaban J connectivity index is 1.22. The van der Waals surface area contributed by atoms with Gasteiger partial charge in [-0.2, -0.15) is 0 Å². The fourth-order valence-electron chi connectivity index (χ4n) is 3.86. The van der Waals surface area contributed by atoms with E-state index in [1.54, 1.807) is 23.1 Å². The summed E-state index contributed by atoms with van der Waals surface area (Å²) in [6, 6.07) is 12.5. The second-order valence-electron chi connectivity index (χ2n) is 7.40. The lowest BCUT2D eigenvalue weighted by Crippen LogP contribution is -2.36. The number of benzene rings is 2. The van der Waals surface area contributed by atoms with Crippen LogP contribution in [-0.4, -0.2) is 42.9 Å². The van der Waals surface area contributed by atoms with Crippen LogP contribution in [0.1, 0.15) is 17.5 Å². The first-order valence-corrected chi connectivity index (χ1v) is 11.8. The molecule has 0 unspecified atom stereocenters. The quantitative estimate of drug-likeness (QED) is 0.616. The van der Waals surface area contributed by atoms with E-state index in [1.807, 2.05) is 18.2 Å². The molecule has 29 heavy (non-hydrogen) atoms. The van der Waals surface area contributed by atoms with E-state index < -0.39 is 0 Å². The average molecular weight is 426 g/mol. The summed E-state index contributed by atoms with van der Waals surface area (Å²) in [5.74, 6) is 0.436. The Kier molecular flexibility index (Phi) is 5.44. The number of aromatic nitrogens is 1. The van der Waals surface area contributed by atoms with Crippen LogP contribution in [-0.2, 0) is 22.4 Å². The first-order chi connectivity index (χ1) is 14.2. The minimum atomic E-state index is 0.0211. The summed E-state index contributed by atoms with van der Waals surface area (Å²) in [6.45, 7) is 3.25. The third-order valence-corrected chi connectivity index (χ3v) is 7.46. The predicted molar refractivity (Wildman–Crippen MR) is 120 cm³/mol. The number of anilines is 2. The van der Waals surface area contributed by atoms with Crippen LogP contribution in [0.2, 0.25) is 0 Å². The van der Waals surface area contributed by atoms with E-state index in [-0.39, 0.29) is 5.91 Å². The number of aryl methyl sites for hydroxylation is 2. The fraction of sp³-hybridized carbons (Fsp3) is 0.364. The van der Waals surface area contributed by atoms with Crippen molar-refractivity contribution in [3.05, 3.63) is 47.5 Å². The van der Waals surface area contributed by atoms with E-state index in [1.165, 1.54) is 28.9 Å². The van der Waals surface area contributed by atoms with Gasteiger partial charge in [-0.15, -0.1) is 11.8 Å². The molecule has 0 spiro atoms. The monoisotopic (exact) mass is 425 g/mol. The Morgan fingerprint density at radius 2 is 2.00 bits per heavy atom. The van der Waals surface area contributed by atoms with Crippen LogP contribution in [0.3, 0.4) is 0 Å². The van der Waals surface area contributed by atoms with Crippen molar-refractivity contribution in [1.82, 2.24) is 4.98 Å². The van der Waals surface area contributed by atoms with Gasteiger partial charge in [0.25, 0.3) is 0 Å². The number of carbonyl (C=O) groups is 1. The summed E-state index contributed by atoms with van der Waals surface area (Å²) in [4.78, 5) is 20.6. The highest BCUT2D eigenvalue weighted by atomic mass is 32.2. The molecule has 150 valence electrons. The van der Waals surface area contributed by atoms with Gasteiger partial charge in [0, 0.05) is 23.7 Å². The van der Waals surface area contributed by atoms with Crippen LogP contribution >= 0.6 is 23.1 Å². The average Bonchev–Trinajstić information content (AvgIpc) is 3.39. The topological polar surface area (TPSA) is 54.5 Å². The number of nitrogens with one attached hydrogen (secondary N) is 1. The maximum absolute atomic E-state index is 12.4. The fourth-order valence-corrected chi connectivity index (χ4v) is 5.68. The van der Waals surface area contributed by atoms with Gasteiger partial charge in [0.2, 0.25) is 5.91 Å². The van der Waals surface area contributed by atoms with Gasteiger partial charge in [-0.1, -0.05) is 17.4 Å². The number of rotatable bonds is 5. The molecule has 1 fully saturated rings. The van der Waals surface area contributed by atoms with Gasteiger partial charge in [0.1, 0.15) is 0 Å². The summed E-state index contributed by atoms with van der Waals surface area (Å²) < 4.78 is 6.51. The van der Waals surface area contributed by atoms with E-state index in [2.05, 4.69) is 28.4 Å². The van der Waals surface area contributed by atoms with Crippen LogP contribution in [0.15, 0.2) is 41.3 Å². The third kappa shape index (κ3) is 4.27. The Hall–Kier alpha value is -2.09. The SMILES string of the molecule is O=C(CSc1ccc2c(c1)CCC2)Nc1ccc2nc(N3CCOCC3)sc2c1. The number of hydrogen-bond acceptors (Lipinski definition) is 6. The summed E-state index contributed by atoms with van der Waals surface area (Å²) >= 11 is 3.27. The van der Waals surface area contributed by atoms with Crippen molar-refractivity contribution in [2.24, 2.45) is 0 Å². The van der Waals surface area contributed by atoms with E-state index in [0.29, 0.717) is 5.75 Å². The number of carbonyl (C=O) groups excluding carboxylic acids is 1. The molecule has 0 atom stereocenters. The van der Waals surface area contributed by atoms with Crippen molar-refractivity contribution in [3.63, 3.8) is 0 Å². The Bertz CT molecular complexity index is 1040. The summed E-state index contributed by atoms with van der Waals surface area (Å²) in [5.41, 5.74) is 4.71. The maximum Gasteiger partial charge on any atom is 0.234 e. The molecule has 5 rings (SSSR count). The lowest BCUT2D eigenvalue weighted by molar-refractivity contribution is -0.113. The molecular formula is C22H23N3O2S2. The minimum Gasteiger partial charge on any atom is -0.378 e. The minimum absolute atomic E-state index is 0.0211. The lowest BCUT2D eigenvalue weighted by atomic mass is 10.1. The molecule has 0 saturated carbocycles. The third-order valence-electron chi connectivity index (χ3n) is 5.38. The molecule has 7 heteroatoms. The number of morpholine rings is 1. The van der Waals surface area contributed by atoms with E-state index in [0.717, 1.165) is 53.8 Å². The molecule has 2 aliphatic rings. The molecule has 1 saturated heterocycles. The lowest BCUT2D eigenvalue weighted by Gasteiger charge is -2.25. The van der Waals surface area contributed by atoms with Crippen molar-refractivity contribution in [3.8, 4) is 0 Å². The van der Waals surface area contributed by atoms with Gasteiger partial charge in [-0.25, -0.2) is 4.98 Å². The molecule has 1 aliphatic heterocycles. The summed E-state index contributed by atoms with van der Waals surface area (Å²) in [7, 11) is 0. The number of nitrogens with zero attached hydrogens (tertiary/aromatic N) is 2. The van der Waals surface area contributed by atoms with E-state index in [9.17, 15) is 4.79 Å². The molecule has 5 nitrogen and oxygen atoms in total. The molecule has 2 aromatic carbocycles. The Labute approximate surface area is 178 Å². The molecule has 2 heterocycles. The molecule has 1 aromatic heterocycles. The van der Waals surface area contributed by atoms with Gasteiger partial charge in [-0.05, 0) is 60.7 Å². The second-order valence-corrected chi connectivity index (χ2v) is 9.46. The Morgan fingerprint density at radius 3 is 2.90 bits per heavy atom. The van der Waals surface area contributed by atoms with Crippen molar-refractivity contribution in [2.75, 3.05) is 42.3 Å². The highest BCUT2D eigenvalue weighted by molar-refractivity contribution is 8.00. The molecule has 1 N–H and O–H groups in total. The predicted octanol–water partition coefficient (Wildman–Crippen LogP) is 4.35.